The van der Waals surface area contributed by atoms with E-state index in [0.29, 0.717) is 23.8 Å². The van der Waals surface area contributed by atoms with Crippen LogP contribution >= 0.6 is 11.3 Å². The van der Waals surface area contributed by atoms with Gasteiger partial charge in [-0.2, -0.15) is 16.3 Å². The predicted molar refractivity (Wildman–Crippen MR) is 94.1 cm³/mol. The second-order valence-corrected chi connectivity index (χ2v) is 8.17. The zero-order valence-electron chi connectivity index (χ0n) is 13.3. The van der Waals surface area contributed by atoms with Crippen LogP contribution in [0.4, 0.5) is 5.69 Å². The third-order valence-electron chi connectivity index (χ3n) is 3.36. The predicted octanol–water partition coefficient (Wildman–Crippen LogP) is 2.77. The number of anilines is 1. The van der Waals surface area contributed by atoms with E-state index >= 15 is 0 Å². The van der Waals surface area contributed by atoms with E-state index in [2.05, 4.69) is 15.5 Å². The number of carbonyl (C=O) groups is 1. The summed E-state index contributed by atoms with van der Waals surface area (Å²) in [6, 6.07) is 8.01. The van der Waals surface area contributed by atoms with Gasteiger partial charge in [0.2, 0.25) is 17.6 Å². The van der Waals surface area contributed by atoms with Crippen LogP contribution in [-0.4, -0.2) is 30.7 Å². The van der Waals surface area contributed by atoms with Crippen molar-refractivity contribution in [1.82, 2.24) is 10.1 Å². The zero-order chi connectivity index (χ0) is 17.9. The summed E-state index contributed by atoms with van der Waals surface area (Å²) in [5.74, 6) is 0.611. The van der Waals surface area contributed by atoms with Crippen LogP contribution in [-0.2, 0) is 21.1 Å². The Morgan fingerprint density at radius 2 is 2.16 bits per heavy atom. The molecule has 0 saturated carbocycles. The SMILES string of the molecule is CS(=O)(=O)c1cccc(NC(=O)CCc2nc(-c3ccsc3)no2)c1. The number of hydrogen-bond donors (Lipinski definition) is 1. The first-order valence-corrected chi connectivity index (χ1v) is 10.2. The van der Waals surface area contributed by atoms with E-state index in [9.17, 15) is 13.2 Å². The zero-order valence-corrected chi connectivity index (χ0v) is 14.9. The van der Waals surface area contributed by atoms with Crippen molar-refractivity contribution in [2.75, 3.05) is 11.6 Å². The fourth-order valence-electron chi connectivity index (χ4n) is 2.11. The Kier molecular flexibility index (Phi) is 4.95. The van der Waals surface area contributed by atoms with Crippen molar-refractivity contribution in [3.05, 3.63) is 47.0 Å². The van der Waals surface area contributed by atoms with Crippen molar-refractivity contribution in [1.29, 1.82) is 0 Å². The molecule has 7 nitrogen and oxygen atoms in total. The van der Waals surface area contributed by atoms with E-state index in [-0.39, 0.29) is 17.2 Å². The average molecular weight is 377 g/mol. The highest BCUT2D eigenvalue weighted by Crippen LogP contribution is 2.19. The minimum atomic E-state index is -3.32. The number of nitrogens with one attached hydrogen (secondary N) is 1. The molecule has 0 unspecified atom stereocenters. The number of benzene rings is 1. The van der Waals surface area contributed by atoms with E-state index in [4.69, 9.17) is 4.52 Å². The standard InChI is InChI=1S/C16H15N3O4S2/c1-25(21,22)13-4-2-3-12(9-13)17-14(20)5-6-15-18-16(19-23-15)11-7-8-24-10-11/h2-4,7-10H,5-6H2,1H3,(H,17,20). The molecule has 25 heavy (non-hydrogen) atoms. The Morgan fingerprint density at radius 3 is 2.88 bits per heavy atom. The van der Waals surface area contributed by atoms with Crippen LogP contribution in [0.5, 0.6) is 0 Å². The van der Waals surface area contributed by atoms with Crippen LogP contribution in [0, 0.1) is 0 Å². The summed E-state index contributed by atoms with van der Waals surface area (Å²) in [6.45, 7) is 0. The Balaban J connectivity index is 1.58. The molecule has 0 aliphatic rings. The lowest BCUT2D eigenvalue weighted by atomic mass is 10.2. The van der Waals surface area contributed by atoms with E-state index in [1.165, 1.54) is 23.5 Å². The van der Waals surface area contributed by atoms with Gasteiger partial charge in [0, 0.05) is 35.7 Å². The third-order valence-corrected chi connectivity index (χ3v) is 5.15. The number of amides is 1. The van der Waals surface area contributed by atoms with Crippen LogP contribution in [0.25, 0.3) is 11.4 Å². The van der Waals surface area contributed by atoms with Gasteiger partial charge in [-0.05, 0) is 29.6 Å². The normalized spacial score (nSPS) is 11.4. The van der Waals surface area contributed by atoms with E-state index in [0.717, 1.165) is 11.8 Å². The van der Waals surface area contributed by atoms with Gasteiger partial charge in [-0.25, -0.2) is 8.42 Å². The number of nitrogens with zero attached hydrogens (tertiary/aromatic N) is 2. The van der Waals surface area contributed by atoms with Crippen LogP contribution in [0.15, 0.2) is 50.5 Å². The topological polar surface area (TPSA) is 102 Å². The van der Waals surface area contributed by atoms with Crippen molar-refractivity contribution in [3.8, 4) is 11.4 Å². The molecule has 0 spiro atoms. The van der Waals surface area contributed by atoms with Gasteiger partial charge in [-0.3, -0.25) is 4.79 Å². The molecule has 3 rings (SSSR count). The van der Waals surface area contributed by atoms with E-state index < -0.39 is 9.84 Å². The van der Waals surface area contributed by atoms with Gasteiger partial charge >= 0.3 is 0 Å². The summed E-state index contributed by atoms with van der Waals surface area (Å²) >= 11 is 1.54. The van der Waals surface area contributed by atoms with Gasteiger partial charge in [0.25, 0.3) is 0 Å². The van der Waals surface area contributed by atoms with Crippen LogP contribution in [0.2, 0.25) is 0 Å². The summed E-state index contributed by atoms with van der Waals surface area (Å²) in [6.07, 6.45) is 1.57. The van der Waals surface area contributed by atoms with Crippen molar-refractivity contribution < 1.29 is 17.7 Å². The lowest BCUT2D eigenvalue weighted by molar-refractivity contribution is -0.116. The molecule has 130 valence electrons. The third kappa shape index (κ3) is 4.52. The maximum absolute atomic E-state index is 12.0. The second-order valence-electron chi connectivity index (χ2n) is 5.37. The van der Waals surface area contributed by atoms with E-state index in [1.807, 2.05) is 16.8 Å². The molecule has 9 heteroatoms. The van der Waals surface area contributed by atoms with Gasteiger partial charge in [0.05, 0.1) is 4.90 Å². The smallest absolute Gasteiger partial charge is 0.227 e. The fraction of sp³-hybridized carbons (Fsp3) is 0.188. The van der Waals surface area contributed by atoms with Gasteiger partial charge in [-0.15, -0.1) is 0 Å². The molecule has 0 aliphatic carbocycles. The molecule has 1 N–H and O–H groups in total. The van der Waals surface area contributed by atoms with Crippen LogP contribution in [0.1, 0.15) is 12.3 Å². The molecular weight excluding hydrogens is 362 g/mol. The molecule has 0 atom stereocenters. The first-order valence-electron chi connectivity index (χ1n) is 7.37. The summed E-state index contributed by atoms with van der Waals surface area (Å²) in [7, 11) is -3.32. The molecule has 1 aromatic carbocycles. The minimum Gasteiger partial charge on any atom is -0.339 e. The summed E-state index contributed by atoms with van der Waals surface area (Å²) in [5, 5.41) is 10.4. The number of carbonyl (C=O) groups excluding carboxylic acids is 1. The summed E-state index contributed by atoms with van der Waals surface area (Å²) < 4.78 is 28.2. The Morgan fingerprint density at radius 1 is 1.32 bits per heavy atom. The highest BCUT2D eigenvalue weighted by Gasteiger charge is 2.12. The van der Waals surface area contributed by atoms with Crippen molar-refractivity contribution >= 4 is 32.8 Å². The van der Waals surface area contributed by atoms with Gasteiger partial charge in [-0.1, -0.05) is 11.2 Å². The number of sulfone groups is 1. The lowest BCUT2D eigenvalue weighted by Gasteiger charge is -2.06. The monoisotopic (exact) mass is 377 g/mol. The highest BCUT2D eigenvalue weighted by atomic mass is 32.2. The molecule has 0 radical (unpaired) electrons. The van der Waals surface area contributed by atoms with Gasteiger partial charge in [0.15, 0.2) is 9.84 Å². The molecule has 0 bridgehead atoms. The van der Waals surface area contributed by atoms with Crippen LogP contribution in [0.3, 0.4) is 0 Å². The van der Waals surface area contributed by atoms with Crippen LogP contribution < -0.4 is 5.32 Å². The van der Waals surface area contributed by atoms with Crippen molar-refractivity contribution in [2.45, 2.75) is 17.7 Å². The highest BCUT2D eigenvalue weighted by molar-refractivity contribution is 7.90. The number of aromatic nitrogens is 2. The maximum Gasteiger partial charge on any atom is 0.227 e. The van der Waals surface area contributed by atoms with Crippen molar-refractivity contribution in [2.24, 2.45) is 0 Å². The average Bonchev–Trinajstić information content (AvgIpc) is 3.24. The quantitative estimate of drug-likeness (QED) is 0.709. The second kappa shape index (κ2) is 7.16. The Bertz CT molecular complexity index is 978. The number of rotatable bonds is 6. The first kappa shape index (κ1) is 17.3. The Hall–Kier alpha value is -2.52. The molecule has 0 fully saturated rings. The molecule has 3 aromatic rings. The number of thiophene rings is 1. The molecule has 0 saturated heterocycles. The minimum absolute atomic E-state index is 0.147. The molecule has 2 heterocycles. The fourth-order valence-corrected chi connectivity index (χ4v) is 3.41. The maximum atomic E-state index is 12.0. The number of aryl methyl sites for hydroxylation is 1. The first-order chi connectivity index (χ1) is 11.9. The number of hydrogen-bond acceptors (Lipinski definition) is 7. The molecule has 2 aromatic heterocycles. The van der Waals surface area contributed by atoms with E-state index in [1.54, 1.807) is 12.1 Å². The Labute approximate surface area is 148 Å². The van der Waals surface area contributed by atoms with Crippen molar-refractivity contribution in [3.63, 3.8) is 0 Å². The molecule has 1 amide bonds. The van der Waals surface area contributed by atoms with Gasteiger partial charge in [0.1, 0.15) is 0 Å². The molecule has 0 aliphatic heterocycles. The summed E-state index contributed by atoms with van der Waals surface area (Å²) in [5.41, 5.74) is 1.31. The molecular formula is C16H15N3O4S2. The largest absolute Gasteiger partial charge is 0.339 e. The van der Waals surface area contributed by atoms with Gasteiger partial charge < -0.3 is 9.84 Å². The lowest BCUT2D eigenvalue weighted by Crippen LogP contribution is -2.12. The summed E-state index contributed by atoms with van der Waals surface area (Å²) in [4.78, 5) is 16.4.